The summed E-state index contributed by atoms with van der Waals surface area (Å²) in [5, 5.41) is 13.0. The normalized spacial score (nSPS) is 14.0. The van der Waals surface area contributed by atoms with E-state index in [1.54, 1.807) is 0 Å². The number of carbonyl (C=O) groups excluding carboxylic acids is 1. The largest absolute Gasteiger partial charge is 0.478 e. The molecule has 9 nitrogen and oxygen atoms in total. The molecule has 0 aliphatic carbocycles. The van der Waals surface area contributed by atoms with Gasteiger partial charge in [-0.15, -0.1) is 0 Å². The zero-order chi connectivity index (χ0) is 29.2. The van der Waals surface area contributed by atoms with Crippen molar-refractivity contribution >= 4 is 30.1 Å². The second-order valence-corrected chi connectivity index (χ2v) is 10.2. The van der Waals surface area contributed by atoms with E-state index in [0.29, 0.717) is 18.4 Å². The van der Waals surface area contributed by atoms with Crippen LogP contribution in [0, 0.1) is 5.92 Å². The van der Waals surface area contributed by atoms with E-state index in [9.17, 15) is 14.7 Å². The number of nitrogens with zero attached hydrogens (tertiary/aromatic N) is 1. The van der Waals surface area contributed by atoms with Crippen LogP contribution in [0.2, 0.25) is 0 Å². The number of aliphatic imine (C=N–C) groups is 1. The van der Waals surface area contributed by atoms with E-state index in [2.05, 4.69) is 34.4 Å². The Kier molecular flexibility index (Phi) is 14.9. The molecule has 9 N–H and O–H groups in total. The molecule has 1 aromatic carbocycles. The molecule has 2 rings (SSSR count). The Bertz CT molecular complexity index is 1110. The summed E-state index contributed by atoms with van der Waals surface area (Å²) >= 11 is 0. The lowest BCUT2D eigenvalue weighted by Crippen LogP contribution is -2.28. The number of H-pyrrole nitrogens is 1. The number of hydrogen-bond donors (Lipinski definition) is 6. The van der Waals surface area contributed by atoms with Crippen molar-refractivity contribution in [3.05, 3.63) is 71.4 Å². The maximum atomic E-state index is 11.6. The topological polar surface area (TPSA) is 173 Å². The van der Waals surface area contributed by atoms with Gasteiger partial charge in [0.1, 0.15) is 12.1 Å². The number of guanidine groups is 1. The maximum absolute atomic E-state index is 11.6. The summed E-state index contributed by atoms with van der Waals surface area (Å²) in [5.74, 6) is -0.110. The molecule has 2 aromatic rings. The number of carboxylic acid groups (broad SMARTS) is 1. The van der Waals surface area contributed by atoms with Crippen LogP contribution in [-0.4, -0.2) is 46.9 Å². The first-order valence-corrected chi connectivity index (χ1v) is 14.2. The average Bonchev–Trinajstić information content (AvgIpc) is 3.43. The zero-order valence-corrected chi connectivity index (χ0v) is 23.6. The van der Waals surface area contributed by atoms with E-state index in [-0.39, 0.29) is 30.5 Å². The lowest BCUT2D eigenvalue weighted by Gasteiger charge is -2.24. The van der Waals surface area contributed by atoms with Gasteiger partial charge in [0.05, 0.1) is 12.6 Å². The van der Waals surface area contributed by atoms with E-state index < -0.39 is 5.97 Å². The van der Waals surface area contributed by atoms with Crippen LogP contribution in [0.4, 0.5) is 5.82 Å². The highest BCUT2D eigenvalue weighted by molar-refractivity contribution is 5.81. The zero-order valence-electron chi connectivity index (χ0n) is 23.6. The molecule has 0 aliphatic rings. The summed E-state index contributed by atoms with van der Waals surface area (Å²) in [7, 11) is 0. The van der Waals surface area contributed by atoms with Crippen molar-refractivity contribution in [2.24, 2.45) is 28.1 Å². The van der Waals surface area contributed by atoms with Crippen LogP contribution >= 0.6 is 0 Å². The number of unbranched alkanes of at least 4 members (excludes halogenated alkanes) is 1. The van der Waals surface area contributed by atoms with Gasteiger partial charge in [-0.1, -0.05) is 62.6 Å². The standard InChI is InChI=1S/C31H46N6O3/c1-2-3-10-27(32)11-5-7-23(13-14-24-8-4-9-25(20-24)17-19-38)15-16-28(37-29-12-6-18-35-29)26(21-30(39)40)22-36-31(33)34/h4,6,8-9,12-14,18-21,23,27-28,35,37H,2-3,5,7,10-11,15-17,22,32H2,1H3,(H,39,40)(H4,33,34,36)/b14-13+,26-21+/t23-,27+,28-/m1/s1. The maximum Gasteiger partial charge on any atom is 0.328 e. The number of aromatic amines is 1. The Morgan fingerprint density at radius 2 is 1.90 bits per heavy atom. The molecule has 3 atom stereocenters. The third-order valence-corrected chi connectivity index (χ3v) is 6.86. The molecule has 0 aliphatic heterocycles. The number of carboxylic acids is 1. The smallest absolute Gasteiger partial charge is 0.328 e. The number of aliphatic carboxylic acids is 1. The molecule has 218 valence electrons. The van der Waals surface area contributed by atoms with E-state index in [0.717, 1.165) is 68.2 Å². The Morgan fingerprint density at radius 3 is 2.58 bits per heavy atom. The second-order valence-electron chi connectivity index (χ2n) is 10.2. The van der Waals surface area contributed by atoms with Crippen LogP contribution < -0.4 is 22.5 Å². The van der Waals surface area contributed by atoms with Gasteiger partial charge in [-0.05, 0) is 66.9 Å². The molecular formula is C31H46N6O3. The average molecular weight is 551 g/mol. The fourth-order valence-electron chi connectivity index (χ4n) is 4.69. The van der Waals surface area contributed by atoms with Crippen LogP contribution in [0.3, 0.4) is 0 Å². The van der Waals surface area contributed by atoms with Crippen molar-refractivity contribution in [1.29, 1.82) is 0 Å². The third kappa shape index (κ3) is 13.3. The lowest BCUT2D eigenvalue weighted by molar-refractivity contribution is -0.131. The quantitative estimate of drug-likeness (QED) is 0.0604. The molecule has 0 saturated heterocycles. The summed E-state index contributed by atoms with van der Waals surface area (Å²) in [5.41, 5.74) is 20.1. The van der Waals surface area contributed by atoms with Crippen LogP contribution in [0.5, 0.6) is 0 Å². The van der Waals surface area contributed by atoms with E-state index in [1.165, 1.54) is 6.08 Å². The minimum absolute atomic E-state index is 0.0866. The number of benzene rings is 1. The number of carbonyl (C=O) groups is 2. The predicted molar refractivity (Wildman–Crippen MR) is 164 cm³/mol. The van der Waals surface area contributed by atoms with Gasteiger partial charge >= 0.3 is 5.97 Å². The molecule has 0 radical (unpaired) electrons. The van der Waals surface area contributed by atoms with E-state index in [1.807, 2.05) is 42.6 Å². The van der Waals surface area contributed by atoms with Crippen LogP contribution in [0.25, 0.3) is 6.08 Å². The number of rotatable bonds is 20. The molecule has 0 spiro atoms. The van der Waals surface area contributed by atoms with Crippen molar-refractivity contribution in [3.8, 4) is 0 Å². The summed E-state index contributed by atoms with van der Waals surface area (Å²) < 4.78 is 0. The lowest BCUT2D eigenvalue weighted by atomic mass is 9.90. The molecule has 0 unspecified atom stereocenters. The van der Waals surface area contributed by atoms with Gasteiger partial charge in [0.25, 0.3) is 0 Å². The Balaban J connectivity index is 2.23. The molecule has 0 amide bonds. The van der Waals surface area contributed by atoms with Crippen molar-refractivity contribution in [3.63, 3.8) is 0 Å². The van der Waals surface area contributed by atoms with Gasteiger partial charge in [0.15, 0.2) is 5.96 Å². The molecule has 9 heteroatoms. The molecule has 1 heterocycles. The van der Waals surface area contributed by atoms with Crippen LogP contribution in [0.1, 0.15) is 69.4 Å². The van der Waals surface area contributed by atoms with Crippen molar-refractivity contribution in [2.45, 2.75) is 76.8 Å². The van der Waals surface area contributed by atoms with E-state index >= 15 is 0 Å². The SMILES string of the molecule is CCCC[C@H](N)CCC[C@H](/C=C/c1cccc(CC=O)c1)CC[C@@H](Nc1ccc[nH]1)/C(=C/C(=O)O)CN=C(N)N. The van der Waals surface area contributed by atoms with Crippen LogP contribution in [-0.2, 0) is 16.0 Å². The van der Waals surface area contributed by atoms with Crippen molar-refractivity contribution in [2.75, 3.05) is 11.9 Å². The molecule has 0 saturated carbocycles. The molecule has 0 fully saturated rings. The predicted octanol–water partition coefficient (Wildman–Crippen LogP) is 4.62. The fourth-order valence-corrected chi connectivity index (χ4v) is 4.69. The molecule has 40 heavy (non-hydrogen) atoms. The van der Waals surface area contributed by atoms with Gasteiger partial charge in [-0.2, -0.15) is 0 Å². The number of aldehydes is 1. The Labute approximate surface area is 238 Å². The van der Waals surface area contributed by atoms with Crippen molar-refractivity contribution in [1.82, 2.24) is 4.98 Å². The van der Waals surface area contributed by atoms with Crippen molar-refractivity contribution < 1.29 is 14.7 Å². The number of allylic oxidation sites excluding steroid dienone is 1. The van der Waals surface area contributed by atoms with Gasteiger partial charge in [-0.25, -0.2) is 9.79 Å². The summed E-state index contributed by atoms with van der Waals surface area (Å²) in [6.45, 7) is 2.26. The monoisotopic (exact) mass is 550 g/mol. The number of aromatic nitrogens is 1. The third-order valence-electron chi connectivity index (χ3n) is 6.86. The second kappa shape index (κ2) is 18.4. The van der Waals surface area contributed by atoms with E-state index in [4.69, 9.17) is 17.2 Å². The highest BCUT2D eigenvalue weighted by atomic mass is 16.4. The highest BCUT2D eigenvalue weighted by Gasteiger charge is 2.19. The first-order valence-electron chi connectivity index (χ1n) is 14.2. The van der Waals surface area contributed by atoms with Gasteiger partial charge < -0.3 is 37.4 Å². The number of anilines is 1. The minimum Gasteiger partial charge on any atom is -0.478 e. The molecule has 1 aromatic heterocycles. The number of nitrogens with one attached hydrogen (secondary N) is 2. The Morgan fingerprint density at radius 1 is 1.10 bits per heavy atom. The highest BCUT2D eigenvalue weighted by Crippen LogP contribution is 2.24. The molecule has 0 bridgehead atoms. The Hall–Kier alpha value is -3.85. The summed E-state index contributed by atoms with van der Waals surface area (Å²) in [6.07, 6.45) is 16.4. The first-order chi connectivity index (χ1) is 19.3. The fraction of sp³-hybridized carbons (Fsp3) is 0.452. The molecular weight excluding hydrogens is 504 g/mol. The van der Waals surface area contributed by atoms with Gasteiger partial charge in [0, 0.05) is 24.7 Å². The van der Waals surface area contributed by atoms with Gasteiger partial charge in [-0.3, -0.25) is 0 Å². The number of hydrogen-bond acceptors (Lipinski definition) is 5. The number of nitrogens with two attached hydrogens (primary N) is 3. The minimum atomic E-state index is -1.05. The van der Waals surface area contributed by atoms with Gasteiger partial charge in [0.2, 0.25) is 0 Å². The first kappa shape index (κ1) is 32.4. The summed E-state index contributed by atoms with van der Waals surface area (Å²) in [6, 6.07) is 11.7. The summed E-state index contributed by atoms with van der Waals surface area (Å²) in [4.78, 5) is 29.8. The van der Waals surface area contributed by atoms with Crippen LogP contribution in [0.15, 0.2) is 65.3 Å².